The van der Waals surface area contributed by atoms with Crippen molar-refractivity contribution in [3.05, 3.63) is 34.1 Å². The number of hydrogen-bond donors (Lipinski definition) is 1. The molecule has 0 unspecified atom stereocenters. The highest BCUT2D eigenvalue weighted by Gasteiger charge is 2.36. The lowest BCUT2D eigenvalue weighted by molar-refractivity contribution is 0.627. The Bertz CT molecular complexity index is 676. The van der Waals surface area contributed by atoms with Crippen molar-refractivity contribution in [3.8, 4) is 0 Å². The number of anilines is 1. The van der Waals surface area contributed by atoms with Crippen LogP contribution in [-0.2, 0) is 5.75 Å². The molecule has 2 aliphatic rings. The summed E-state index contributed by atoms with van der Waals surface area (Å²) in [6.45, 7) is 0. The van der Waals surface area contributed by atoms with Crippen molar-refractivity contribution in [2.45, 2.75) is 48.6 Å². The van der Waals surface area contributed by atoms with Gasteiger partial charge in [-0.3, -0.25) is 0 Å². The van der Waals surface area contributed by atoms with Gasteiger partial charge < -0.3 is 10.3 Å². The van der Waals surface area contributed by atoms with E-state index < -0.39 is 0 Å². The zero-order valence-corrected chi connectivity index (χ0v) is 14.0. The predicted molar refractivity (Wildman–Crippen MR) is 88.4 cm³/mol. The van der Waals surface area contributed by atoms with Gasteiger partial charge in [0.25, 0.3) is 0 Å². The second-order valence-electron chi connectivity index (χ2n) is 5.86. The SMILES string of the molecule is Nc1cc(CSc2nnc(C3CC3)n2C2CC2)ccc1Br. The number of benzene rings is 1. The van der Waals surface area contributed by atoms with Crippen LogP contribution in [0.4, 0.5) is 5.69 Å². The monoisotopic (exact) mass is 364 g/mol. The minimum absolute atomic E-state index is 0.646. The van der Waals surface area contributed by atoms with E-state index in [1.54, 1.807) is 11.8 Å². The fourth-order valence-corrected chi connectivity index (χ4v) is 3.72. The first-order valence-corrected chi connectivity index (χ1v) is 9.11. The van der Waals surface area contributed by atoms with Crippen molar-refractivity contribution in [2.24, 2.45) is 0 Å². The Balaban J connectivity index is 1.53. The van der Waals surface area contributed by atoms with Crippen LogP contribution >= 0.6 is 27.7 Å². The molecular weight excluding hydrogens is 348 g/mol. The van der Waals surface area contributed by atoms with Crippen LogP contribution in [0.1, 0.15) is 49.0 Å². The number of hydrogen-bond acceptors (Lipinski definition) is 4. The molecule has 4 rings (SSSR count). The van der Waals surface area contributed by atoms with Crippen LogP contribution in [0.2, 0.25) is 0 Å². The van der Waals surface area contributed by atoms with Crippen molar-refractivity contribution >= 4 is 33.4 Å². The van der Waals surface area contributed by atoms with Crippen molar-refractivity contribution < 1.29 is 0 Å². The van der Waals surface area contributed by atoms with Gasteiger partial charge in [0.1, 0.15) is 5.82 Å². The topological polar surface area (TPSA) is 56.7 Å². The molecule has 0 spiro atoms. The summed E-state index contributed by atoms with van der Waals surface area (Å²) in [6.07, 6.45) is 5.10. The van der Waals surface area contributed by atoms with Gasteiger partial charge in [-0.25, -0.2) is 0 Å². The van der Waals surface area contributed by atoms with Crippen LogP contribution in [-0.4, -0.2) is 14.8 Å². The summed E-state index contributed by atoms with van der Waals surface area (Å²) in [7, 11) is 0. The van der Waals surface area contributed by atoms with Gasteiger partial charge in [0.2, 0.25) is 0 Å². The summed E-state index contributed by atoms with van der Waals surface area (Å²) in [6, 6.07) is 6.78. The van der Waals surface area contributed by atoms with Gasteiger partial charge in [0.05, 0.1) is 0 Å². The highest BCUT2D eigenvalue weighted by Crippen LogP contribution is 2.46. The molecule has 0 bridgehead atoms. The van der Waals surface area contributed by atoms with E-state index in [1.165, 1.54) is 37.1 Å². The summed E-state index contributed by atoms with van der Waals surface area (Å²) in [5.74, 6) is 2.76. The lowest BCUT2D eigenvalue weighted by Crippen LogP contribution is -2.02. The van der Waals surface area contributed by atoms with Gasteiger partial charge in [-0.2, -0.15) is 0 Å². The normalized spacial score (nSPS) is 18.1. The molecule has 1 heterocycles. The van der Waals surface area contributed by atoms with Crippen LogP contribution in [0.3, 0.4) is 0 Å². The first kappa shape index (κ1) is 13.6. The Labute approximate surface area is 136 Å². The molecule has 2 aliphatic carbocycles. The highest BCUT2D eigenvalue weighted by atomic mass is 79.9. The summed E-state index contributed by atoms with van der Waals surface area (Å²) in [4.78, 5) is 0. The molecule has 0 saturated heterocycles. The third-order valence-electron chi connectivity index (χ3n) is 3.97. The molecule has 0 amide bonds. The van der Waals surface area contributed by atoms with Crippen LogP contribution < -0.4 is 5.73 Å². The van der Waals surface area contributed by atoms with Crippen LogP contribution in [0.5, 0.6) is 0 Å². The van der Waals surface area contributed by atoms with Crippen molar-refractivity contribution in [1.82, 2.24) is 14.8 Å². The molecule has 0 atom stereocenters. The molecule has 1 aromatic carbocycles. The van der Waals surface area contributed by atoms with Crippen molar-refractivity contribution in [2.75, 3.05) is 5.73 Å². The minimum atomic E-state index is 0.646. The molecule has 2 saturated carbocycles. The number of nitrogen functional groups attached to an aromatic ring is 1. The number of rotatable bonds is 5. The molecule has 2 N–H and O–H groups in total. The Morgan fingerprint density at radius 3 is 2.71 bits per heavy atom. The third kappa shape index (κ3) is 2.83. The largest absolute Gasteiger partial charge is 0.398 e. The smallest absolute Gasteiger partial charge is 0.191 e. The fourth-order valence-electron chi connectivity index (χ4n) is 2.51. The van der Waals surface area contributed by atoms with Crippen LogP contribution in [0, 0.1) is 0 Å². The van der Waals surface area contributed by atoms with Gasteiger partial charge in [-0.1, -0.05) is 17.8 Å². The van der Waals surface area contributed by atoms with E-state index in [9.17, 15) is 0 Å². The molecule has 0 aliphatic heterocycles. The van der Waals surface area contributed by atoms with E-state index in [-0.39, 0.29) is 0 Å². The van der Waals surface area contributed by atoms with E-state index in [0.29, 0.717) is 12.0 Å². The highest BCUT2D eigenvalue weighted by molar-refractivity contribution is 9.10. The molecule has 2 aromatic rings. The first-order chi connectivity index (χ1) is 10.2. The Kier molecular flexibility index (Phi) is 3.46. The van der Waals surface area contributed by atoms with E-state index in [1.807, 2.05) is 12.1 Å². The minimum Gasteiger partial charge on any atom is -0.398 e. The van der Waals surface area contributed by atoms with Crippen LogP contribution in [0.15, 0.2) is 27.8 Å². The van der Waals surface area contributed by atoms with Gasteiger partial charge in [0, 0.05) is 27.9 Å². The summed E-state index contributed by atoms with van der Waals surface area (Å²) >= 11 is 5.20. The Morgan fingerprint density at radius 1 is 1.24 bits per heavy atom. The number of halogens is 1. The first-order valence-electron chi connectivity index (χ1n) is 7.34. The van der Waals surface area contributed by atoms with Crippen molar-refractivity contribution in [3.63, 3.8) is 0 Å². The van der Waals surface area contributed by atoms with E-state index >= 15 is 0 Å². The van der Waals surface area contributed by atoms with Crippen LogP contribution in [0.25, 0.3) is 0 Å². The summed E-state index contributed by atoms with van der Waals surface area (Å²) < 4.78 is 3.35. The lowest BCUT2D eigenvalue weighted by Gasteiger charge is -2.08. The fraction of sp³-hybridized carbons (Fsp3) is 0.467. The number of aromatic nitrogens is 3. The van der Waals surface area contributed by atoms with E-state index in [4.69, 9.17) is 5.73 Å². The molecule has 1 aromatic heterocycles. The summed E-state index contributed by atoms with van der Waals surface area (Å²) in [5.41, 5.74) is 7.95. The van der Waals surface area contributed by atoms with E-state index in [0.717, 1.165) is 21.1 Å². The second kappa shape index (κ2) is 5.32. The van der Waals surface area contributed by atoms with Crippen molar-refractivity contribution in [1.29, 1.82) is 0 Å². The maximum Gasteiger partial charge on any atom is 0.191 e. The maximum absolute atomic E-state index is 5.94. The zero-order valence-electron chi connectivity index (χ0n) is 11.6. The Morgan fingerprint density at radius 2 is 2.05 bits per heavy atom. The standard InChI is InChI=1S/C15H17BrN4S/c16-12-6-1-9(7-13(12)17)8-21-15-19-18-14(10-2-3-10)20(15)11-4-5-11/h1,6-7,10-11H,2-5,8,17H2. The number of thioether (sulfide) groups is 1. The predicted octanol–water partition coefficient (Wildman–Crippen LogP) is 4.13. The maximum atomic E-state index is 5.94. The molecule has 110 valence electrons. The molecule has 6 heteroatoms. The summed E-state index contributed by atoms with van der Waals surface area (Å²) in [5, 5.41) is 9.94. The van der Waals surface area contributed by atoms with Gasteiger partial charge in [-0.15, -0.1) is 10.2 Å². The molecule has 2 fully saturated rings. The average molecular weight is 365 g/mol. The second-order valence-corrected chi connectivity index (χ2v) is 7.66. The van der Waals surface area contributed by atoms with Gasteiger partial charge in [0.15, 0.2) is 5.16 Å². The zero-order chi connectivity index (χ0) is 14.4. The number of nitrogens with two attached hydrogens (primary N) is 1. The molecule has 21 heavy (non-hydrogen) atoms. The Hall–Kier alpha value is -1.01. The van der Waals surface area contributed by atoms with Gasteiger partial charge >= 0.3 is 0 Å². The van der Waals surface area contributed by atoms with Gasteiger partial charge in [-0.05, 0) is 59.3 Å². The molecule has 0 radical (unpaired) electrons. The molecule has 4 nitrogen and oxygen atoms in total. The lowest BCUT2D eigenvalue weighted by atomic mass is 10.2. The third-order valence-corrected chi connectivity index (χ3v) is 5.71. The number of nitrogens with zero attached hydrogens (tertiary/aromatic N) is 3. The quantitative estimate of drug-likeness (QED) is 0.640. The molecular formula is C15H17BrN4S. The average Bonchev–Trinajstić information content (AvgIpc) is 3.39. The van der Waals surface area contributed by atoms with E-state index in [2.05, 4.69) is 36.8 Å².